The van der Waals surface area contributed by atoms with Crippen molar-refractivity contribution in [2.75, 3.05) is 11.9 Å². The van der Waals surface area contributed by atoms with Crippen molar-refractivity contribution in [2.24, 2.45) is 5.41 Å². The topological polar surface area (TPSA) is 74.8 Å². The minimum atomic E-state index is -3.45. The Morgan fingerprint density at radius 1 is 1.60 bits per heavy atom. The van der Waals surface area contributed by atoms with Crippen molar-refractivity contribution in [3.05, 3.63) is 12.5 Å². The summed E-state index contributed by atoms with van der Waals surface area (Å²) in [5.41, 5.74) is -0.118. The van der Waals surface area contributed by atoms with Gasteiger partial charge in [-0.1, -0.05) is 29.8 Å². The summed E-state index contributed by atoms with van der Waals surface area (Å²) < 4.78 is 25.8. The van der Waals surface area contributed by atoms with Crippen LogP contribution < -0.4 is 4.72 Å². The molecule has 0 saturated heterocycles. The monoisotopic (exact) mass is 295 g/mol. The SMILES string of the molecule is CC(C)(CBr)CNS(=O)(=O)c1cnc[nH]1. The molecule has 0 saturated carbocycles. The molecule has 86 valence electrons. The van der Waals surface area contributed by atoms with Gasteiger partial charge < -0.3 is 4.98 Å². The Bertz CT molecular complexity index is 400. The molecule has 1 heterocycles. The predicted molar refractivity (Wildman–Crippen MR) is 61.4 cm³/mol. The molecule has 1 aromatic rings. The number of aromatic nitrogens is 2. The zero-order valence-corrected chi connectivity index (χ0v) is 11.0. The minimum Gasteiger partial charge on any atom is -0.335 e. The molecule has 0 aliphatic heterocycles. The molecule has 0 radical (unpaired) electrons. The van der Waals surface area contributed by atoms with Gasteiger partial charge in [0.05, 0.1) is 12.5 Å². The molecule has 0 spiro atoms. The lowest BCUT2D eigenvalue weighted by Crippen LogP contribution is -2.35. The van der Waals surface area contributed by atoms with Crippen LogP contribution >= 0.6 is 15.9 Å². The molecule has 0 fully saturated rings. The van der Waals surface area contributed by atoms with E-state index in [1.54, 1.807) is 0 Å². The highest BCUT2D eigenvalue weighted by Crippen LogP contribution is 2.17. The smallest absolute Gasteiger partial charge is 0.257 e. The first kappa shape index (κ1) is 12.7. The van der Waals surface area contributed by atoms with Crippen LogP contribution in [-0.4, -0.2) is 30.3 Å². The van der Waals surface area contributed by atoms with Crippen molar-refractivity contribution in [3.8, 4) is 0 Å². The van der Waals surface area contributed by atoms with Crippen molar-refractivity contribution < 1.29 is 8.42 Å². The molecule has 0 aromatic carbocycles. The standard InChI is InChI=1S/C8H14BrN3O2S/c1-8(2,4-9)5-12-15(13,14)7-3-10-6-11-7/h3,6,12H,4-5H2,1-2H3,(H,10,11). The fourth-order valence-corrected chi connectivity index (χ4v) is 2.15. The lowest BCUT2D eigenvalue weighted by Gasteiger charge is -2.21. The van der Waals surface area contributed by atoms with E-state index in [2.05, 4.69) is 30.6 Å². The third-order valence-electron chi connectivity index (χ3n) is 1.87. The van der Waals surface area contributed by atoms with Crippen molar-refractivity contribution >= 4 is 26.0 Å². The van der Waals surface area contributed by atoms with Crippen LogP contribution in [-0.2, 0) is 10.0 Å². The highest BCUT2D eigenvalue weighted by atomic mass is 79.9. The van der Waals surface area contributed by atoms with E-state index < -0.39 is 10.0 Å². The van der Waals surface area contributed by atoms with Crippen LogP contribution in [0.5, 0.6) is 0 Å². The lowest BCUT2D eigenvalue weighted by molar-refractivity contribution is 0.419. The number of nitrogens with zero attached hydrogens (tertiary/aromatic N) is 1. The van der Waals surface area contributed by atoms with Crippen LogP contribution in [0.2, 0.25) is 0 Å². The van der Waals surface area contributed by atoms with E-state index in [-0.39, 0.29) is 10.4 Å². The van der Waals surface area contributed by atoms with Crippen LogP contribution in [0.1, 0.15) is 13.8 Å². The largest absolute Gasteiger partial charge is 0.335 e. The average molecular weight is 296 g/mol. The number of imidazole rings is 1. The zero-order valence-electron chi connectivity index (χ0n) is 8.62. The van der Waals surface area contributed by atoms with E-state index >= 15 is 0 Å². The normalized spacial score (nSPS) is 13.0. The van der Waals surface area contributed by atoms with Crippen LogP contribution in [0.4, 0.5) is 0 Å². The minimum absolute atomic E-state index is 0.0906. The van der Waals surface area contributed by atoms with E-state index in [9.17, 15) is 8.42 Å². The van der Waals surface area contributed by atoms with Crippen molar-refractivity contribution in [2.45, 2.75) is 18.9 Å². The van der Waals surface area contributed by atoms with E-state index in [1.165, 1.54) is 12.5 Å². The fourth-order valence-electron chi connectivity index (χ4n) is 0.805. The van der Waals surface area contributed by atoms with Gasteiger partial charge in [-0.25, -0.2) is 18.1 Å². The average Bonchev–Trinajstić information content (AvgIpc) is 2.69. The zero-order chi connectivity index (χ0) is 11.5. The summed E-state index contributed by atoms with van der Waals surface area (Å²) in [6, 6.07) is 0. The molecule has 15 heavy (non-hydrogen) atoms. The summed E-state index contributed by atoms with van der Waals surface area (Å²) in [7, 11) is -3.45. The number of nitrogens with one attached hydrogen (secondary N) is 2. The number of hydrogen-bond donors (Lipinski definition) is 2. The second-order valence-electron chi connectivity index (χ2n) is 4.04. The summed E-state index contributed by atoms with van der Waals surface area (Å²) >= 11 is 3.33. The Morgan fingerprint density at radius 2 is 2.27 bits per heavy atom. The predicted octanol–water partition coefficient (Wildman–Crippen LogP) is 1.11. The van der Waals surface area contributed by atoms with Gasteiger partial charge in [0.1, 0.15) is 0 Å². The molecular formula is C8H14BrN3O2S. The van der Waals surface area contributed by atoms with Crippen LogP contribution in [0.15, 0.2) is 17.6 Å². The number of rotatable bonds is 5. The summed E-state index contributed by atoms with van der Waals surface area (Å²) in [6.07, 6.45) is 2.62. The Kier molecular flexibility index (Phi) is 3.91. The maximum atomic E-state index is 11.7. The first-order valence-corrected chi connectivity index (χ1v) is 7.02. The maximum Gasteiger partial charge on any atom is 0.257 e. The van der Waals surface area contributed by atoms with Crippen molar-refractivity contribution in [1.29, 1.82) is 0 Å². The molecule has 0 bridgehead atoms. The Hall–Kier alpha value is -0.400. The van der Waals surface area contributed by atoms with E-state index in [0.29, 0.717) is 6.54 Å². The first-order chi connectivity index (χ1) is 6.87. The third kappa shape index (κ3) is 3.58. The number of halogens is 1. The van der Waals surface area contributed by atoms with Gasteiger partial charge in [-0.15, -0.1) is 0 Å². The lowest BCUT2D eigenvalue weighted by atomic mass is 9.98. The van der Waals surface area contributed by atoms with Gasteiger partial charge in [0.15, 0.2) is 5.03 Å². The van der Waals surface area contributed by atoms with Crippen LogP contribution in [0.3, 0.4) is 0 Å². The molecule has 1 aromatic heterocycles. The molecule has 0 aliphatic carbocycles. The Balaban J connectivity index is 2.67. The number of hydrogen-bond acceptors (Lipinski definition) is 3. The number of aromatic amines is 1. The van der Waals surface area contributed by atoms with E-state index in [1.807, 2.05) is 13.8 Å². The van der Waals surface area contributed by atoms with Crippen LogP contribution in [0, 0.1) is 5.41 Å². The molecule has 0 amide bonds. The quantitative estimate of drug-likeness (QED) is 0.799. The number of H-pyrrole nitrogens is 1. The molecular weight excluding hydrogens is 282 g/mol. The van der Waals surface area contributed by atoms with Gasteiger partial charge in [-0.05, 0) is 5.41 Å². The van der Waals surface area contributed by atoms with Gasteiger partial charge in [0.25, 0.3) is 10.0 Å². The van der Waals surface area contributed by atoms with Crippen molar-refractivity contribution in [3.63, 3.8) is 0 Å². The van der Waals surface area contributed by atoms with Gasteiger partial charge in [0.2, 0.25) is 0 Å². The molecule has 1 rings (SSSR count). The first-order valence-electron chi connectivity index (χ1n) is 4.41. The number of sulfonamides is 1. The fraction of sp³-hybridized carbons (Fsp3) is 0.625. The van der Waals surface area contributed by atoms with Crippen molar-refractivity contribution in [1.82, 2.24) is 14.7 Å². The molecule has 0 unspecified atom stereocenters. The summed E-state index contributed by atoms with van der Waals surface area (Å²) in [5, 5.41) is 0.818. The Labute approximate surface area is 97.9 Å². The highest BCUT2D eigenvalue weighted by Gasteiger charge is 2.21. The summed E-state index contributed by atoms with van der Waals surface area (Å²) in [5.74, 6) is 0. The number of alkyl halides is 1. The molecule has 5 nitrogen and oxygen atoms in total. The van der Waals surface area contributed by atoms with Gasteiger partial charge >= 0.3 is 0 Å². The maximum absolute atomic E-state index is 11.7. The summed E-state index contributed by atoms with van der Waals surface area (Å²) in [4.78, 5) is 6.23. The van der Waals surface area contributed by atoms with Gasteiger partial charge in [-0.3, -0.25) is 0 Å². The second-order valence-corrected chi connectivity index (χ2v) is 6.33. The van der Waals surface area contributed by atoms with Crippen LogP contribution in [0.25, 0.3) is 0 Å². The summed E-state index contributed by atoms with van der Waals surface area (Å²) in [6.45, 7) is 4.31. The highest BCUT2D eigenvalue weighted by molar-refractivity contribution is 9.09. The Morgan fingerprint density at radius 3 is 2.73 bits per heavy atom. The molecule has 0 atom stereocenters. The molecule has 0 aliphatic rings. The third-order valence-corrected chi connectivity index (χ3v) is 4.71. The van der Waals surface area contributed by atoms with E-state index in [4.69, 9.17) is 0 Å². The van der Waals surface area contributed by atoms with Gasteiger partial charge in [0, 0.05) is 11.9 Å². The molecule has 2 N–H and O–H groups in total. The van der Waals surface area contributed by atoms with E-state index in [0.717, 1.165) is 5.33 Å². The van der Waals surface area contributed by atoms with Gasteiger partial charge in [-0.2, -0.15) is 0 Å². The second kappa shape index (κ2) is 4.63. The molecule has 7 heteroatoms.